The molecule has 2 nitrogen and oxygen atoms in total. The Labute approximate surface area is 109 Å². The van der Waals surface area contributed by atoms with Gasteiger partial charge in [0.05, 0.1) is 7.11 Å². The quantitative estimate of drug-likeness (QED) is 0.882. The van der Waals surface area contributed by atoms with Gasteiger partial charge in [0.25, 0.3) is 0 Å². The van der Waals surface area contributed by atoms with Crippen LogP contribution in [0.15, 0.2) is 48.5 Å². The van der Waals surface area contributed by atoms with Crippen LogP contribution < -0.4 is 10.1 Å². The van der Waals surface area contributed by atoms with Crippen LogP contribution >= 0.6 is 0 Å². The van der Waals surface area contributed by atoms with E-state index in [4.69, 9.17) is 4.74 Å². The first kappa shape index (κ1) is 12.7. The van der Waals surface area contributed by atoms with E-state index in [0.29, 0.717) is 6.04 Å². The highest BCUT2D eigenvalue weighted by Gasteiger charge is 2.09. The molecule has 0 aliphatic carbocycles. The smallest absolute Gasteiger partial charge is 0.126 e. The van der Waals surface area contributed by atoms with E-state index in [-0.39, 0.29) is 0 Å². The Hall–Kier alpha value is -1.80. The van der Waals surface area contributed by atoms with Gasteiger partial charge in [-0.1, -0.05) is 36.4 Å². The Balaban J connectivity index is 2.50. The van der Waals surface area contributed by atoms with Gasteiger partial charge in [-0.3, -0.25) is 0 Å². The Morgan fingerprint density at radius 1 is 1.06 bits per heavy atom. The summed E-state index contributed by atoms with van der Waals surface area (Å²) in [6.07, 6.45) is 0. The van der Waals surface area contributed by atoms with Crippen molar-refractivity contribution in [1.29, 1.82) is 0 Å². The molecule has 0 heterocycles. The molecular weight excluding hydrogens is 222 g/mol. The molecule has 0 amide bonds. The minimum Gasteiger partial charge on any atom is -0.496 e. The van der Waals surface area contributed by atoms with Crippen molar-refractivity contribution in [2.75, 3.05) is 14.2 Å². The molecule has 0 saturated heterocycles. The lowest BCUT2D eigenvalue weighted by molar-refractivity contribution is 0.416. The summed E-state index contributed by atoms with van der Waals surface area (Å²) in [5.41, 5.74) is 3.58. The van der Waals surface area contributed by atoms with Crippen LogP contribution in [0.2, 0.25) is 0 Å². The highest BCUT2D eigenvalue weighted by atomic mass is 16.5. The molecule has 1 unspecified atom stereocenters. The van der Waals surface area contributed by atoms with Gasteiger partial charge in [0.2, 0.25) is 0 Å². The first-order chi connectivity index (χ1) is 8.76. The van der Waals surface area contributed by atoms with E-state index < -0.39 is 0 Å². The van der Waals surface area contributed by atoms with E-state index in [2.05, 4.69) is 36.5 Å². The fourth-order valence-corrected chi connectivity index (χ4v) is 2.00. The van der Waals surface area contributed by atoms with Crippen molar-refractivity contribution in [3.8, 4) is 16.9 Å². The summed E-state index contributed by atoms with van der Waals surface area (Å²) in [6.45, 7) is 2.15. The monoisotopic (exact) mass is 241 g/mol. The van der Waals surface area contributed by atoms with Gasteiger partial charge in [0.15, 0.2) is 0 Å². The molecule has 0 radical (unpaired) electrons. The number of benzene rings is 2. The summed E-state index contributed by atoms with van der Waals surface area (Å²) < 4.78 is 5.45. The molecule has 1 atom stereocenters. The van der Waals surface area contributed by atoms with E-state index in [1.807, 2.05) is 31.3 Å². The van der Waals surface area contributed by atoms with Crippen LogP contribution in [0, 0.1) is 0 Å². The fourth-order valence-electron chi connectivity index (χ4n) is 2.00. The maximum Gasteiger partial charge on any atom is 0.126 e. The van der Waals surface area contributed by atoms with Crippen molar-refractivity contribution >= 4 is 0 Å². The standard InChI is InChI=1S/C16H19NO/c1-12(17-2)14-9-10-16(18-3)15(11-14)13-7-5-4-6-8-13/h4-12,17H,1-3H3. The third-order valence-corrected chi connectivity index (χ3v) is 3.24. The van der Waals surface area contributed by atoms with Gasteiger partial charge in [0, 0.05) is 11.6 Å². The van der Waals surface area contributed by atoms with Crippen LogP contribution in [0.5, 0.6) is 5.75 Å². The molecule has 0 aliphatic rings. The maximum absolute atomic E-state index is 5.45. The molecule has 0 aromatic heterocycles. The van der Waals surface area contributed by atoms with Crippen LogP contribution in [-0.2, 0) is 0 Å². The van der Waals surface area contributed by atoms with Gasteiger partial charge in [-0.15, -0.1) is 0 Å². The molecule has 94 valence electrons. The summed E-state index contributed by atoms with van der Waals surface area (Å²) in [5, 5.41) is 3.26. The lowest BCUT2D eigenvalue weighted by Crippen LogP contribution is -2.12. The first-order valence-corrected chi connectivity index (χ1v) is 6.17. The van der Waals surface area contributed by atoms with E-state index >= 15 is 0 Å². The average molecular weight is 241 g/mol. The highest BCUT2D eigenvalue weighted by molar-refractivity contribution is 5.71. The zero-order valence-corrected chi connectivity index (χ0v) is 11.1. The molecule has 2 aromatic carbocycles. The number of nitrogens with one attached hydrogen (secondary N) is 1. The summed E-state index contributed by atoms with van der Waals surface area (Å²) >= 11 is 0. The Morgan fingerprint density at radius 2 is 1.78 bits per heavy atom. The molecule has 0 fully saturated rings. The predicted molar refractivity (Wildman–Crippen MR) is 75.9 cm³/mol. The van der Waals surface area contributed by atoms with E-state index in [9.17, 15) is 0 Å². The van der Waals surface area contributed by atoms with Gasteiger partial charge in [0.1, 0.15) is 5.75 Å². The predicted octanol–water partition coefficient (Wildman–Crippen LogP) is 3.64. The topological polar surface area (TPSA) is 21.3 Å². The van der Waals surface area contributed by atoms with Crippen LogP contribution in [0.1, 0.15) is 18.5 Å². The average Bonchev–Trinajstić information content (AvgIpc) is 2.46. The second kappa shape index (κ2) is 5.69. The first-order valence-electron chi connectivity index (χ1n) is 6.17. The molecule has 0 saturated carbocycles. The number of hydrogen-bond acceptors (Lipinski definition) is 2. The third-order valence-electron chi connectivity index (χ3n) is 3.24. The number of ether oxygens (including phenoxy) is 1. The Bertz CT molecular complexity index is 508. The molecule has 0 bridgehead atoms. The molecule has 2 rings (SSSR count). The Morgan fingerprint density at radius 3 is 2.39 bits per heavy atom. The normalized spacial score (nSPS) is 12.2. The number of rotatable bonds is 4. The maximum atomic E-state index is 5.45. The van der Waals surface area contributed by atoms with Crippen molar-refractivity contribution in [1.82, 2.24) is 5.32 Å². The van der Waals surface area contributed by atoms with Crippen LogP contribution in [0.25, 0.3) is 11.1 Å². The minimum absolute atomic E-state index is 0.332. The summed E-state index contributed by atoms with van der Waals surface area (Å²) in [7, 11) is 3.68. The summed E-state index contributed by atoms with van der Waals surface area (Å²) in [5.74, 6) is 0.910. The van der Waals surface area contributed by atoms with Crippen molar-refractivity contribution in [3.63, 3.8) is 0 Å². The van der Waals surface area contributed by atoms with Crippen LogP contribution in [-0.4, -0.2) is 14.2 Å². The minimum atomic E-state index is 0.332. The molecular formula is C16H19NO. The largest absolute Gasteiger partial charge is 0.496 e. The lowest BCUT2D eigenvalue weighted by Gasteiger charge is -2.15. The summed E-state index contributed by atoms with van der Waals surface area (Å²) in [6, 6.07) is 17.0. The lowest BCUT2D eigenvalue weighted by atomic mass is 9.99. The van der Waals surface area contributed by atoms with Gasteiger partial charge in [-0.05, 0) is 37.2 Å². The van der Waals surface area contributed by atoms with Gasteiger partial charge in [-0.25, -0.2) is 0 Å². The molecule has 0 spiro atoms. The zero-order valence-electron chi connectivity index (χ0n) is 11.1. The second-order valence-electron chi connectivity index (χ2n) is 4.34. The molecule has 0 aliphatic heterocycles. The zero-order chi connectivity index (χ0) is 13.0. The molecule has 2 heteroatoms. The van der Waals surface area contributed by atoms with Gasteiger partial charge >= 0.3 is 0 Å². The van der Waals surface area contributed by atoms with E-state index in [1.165, 1.54) is 11.1 Å². The SMILES string of the molecule is CNC(C)c1ccc(OC)c(-c2ccccc2)c1. The van der Waals surface area contributed by atoms with Crippen molar-refractivity contribution in [2.24, 2.45) is 0 Å². The van der Waals surface area contributed by atoms with Crippen molar-refractivity contribution in [2.45, 2.75) is 13.0 Å². The van der Waals surface area contributed by atoms with Gasteiger partial charge < -0.3 is 10.1 Å². The molecule has 2 aromatic rings. The second-order valence-corrected chi connectivity index (χ2v) is 4.34. The van der Waals surface area contributed by atoms with E-state index in [1.54, 1.807) is 7.11 Å². The highest BCUT2D eigenvalue weighted by Crippen LogP contribution is 2.32. The van der Waals surface area contributed by atoms with Crippen LogP contribution in [0.3, 0.4) is 0 Å². The van der Waals surface area contributed by atoms with Crippen molar-refractivity contribution in [3.05, 3.63) is 54.1 Å². The number of methoxy groups -OCH3 is 1. The van der Waals surface area contributed by atoms with Gasteiger partial charge in [-0.2, -0.15) is 0 Å². The third kappa shape index (κ3) is 2.54. The van der Waals surface area contributed by atoms with Crippen molar-refractivity contribution < 1.29 is 4.74 Å². The Kier molecular flexibility index (Phi) is 4.00. The molecule has 18 heavy (non-hydrogen) atoms. The summed E-state index contributed by atoms with van der Waals surface area (Å²) in [4.78, 5) is 0. The van der Waals surface area contributed by atoms with E-state index in [0.717, 1.165) is 11.3 Å². The fraction of sp³-hybridized carbons (Fsp3) is 0.250. The molecule has 1 N–H and O–H groups in total. The number of hydrogen-bond donors (Lipinski definition) is 1. The van der Waals surface area contributed by atoms with Crippen LogP contribution in [0.4, 0.5) is 0 Å².